The number of likely N-dealkylation sites (N-methyl/N-ethyl adjacent to an activating group) is 1. The van der Waals surface area contributed by atoms with Crippen molar-refractivity contribution in [1.29, 1.82) is 0 Å². The Morgan fingerprint density at radius 1 is 1.22 bits per heavy atom. The second-order valence-electron chi connectivity index (χ2n) is 10.1. The molecule has 3 amide bonds. The fraction of sp³-hybridized carbons (Fsp3) is 0.593. The Kier molecular flexibility index (Phi) is 9.66. The largest absolute Gasteiger partial charge is 0.497 e. The topological polar surface area (TPSA) is 110 Å². The van der Waals surface area contributed by atoms with Gasteiger partial charge in [0.15, 0.2) is 0 Å². The highest BCUT2D eigenvalue weighted by Gasteiger charge is 2.29. The molecule has 0 saturated carbocycles. The third-order valence-corrected chi connectivity index (χ3v) is 6.74. The molecule has 10 heteroatoms. The summed E-state index contributed by atoms with van der Waals surface area (Å²) in [5.74, 6) is 1.90. The first-order valence-corrected chi connectivity index (χ1v) is 13.0. The molecule has 2 atom stereocenters. The van der Waals surface area contributed by atoms with Crippen LogP contribution < -0.4 is 10.1 Å². The number of fused-ring (bicyclic) bond motifs is 1. The number of methoxy groups -OCH3 is 1. The van der Waals surface area contributed by atoms with Crippen LogP contribution in [0.15, 0.2) is 24.3 Å². The van der Waals surface area contributed by atoms with Gasteiger partial charge in [0.2, 0.25) is 17.7 Å². The number of benzene rings is 1. The van der Waals surface area contributed by atoms with E-state index in [1.165, 1.54) is 4.90 Å². The van der Waals surface area contributed by atoms with Crippen LogP contribution in [0.2, 0.25) is 0 Å². The van der Waals surface area contributed by atoms with Crippen molar-refractivity contribution in [1.82, 2.24) is 29.9 Å². The molecular formula is C27H40N6O4. The van der Waals surface area contributed by atoms with Gasteiger partial charge in [0.1, 0.15) is 23.4 Å². The molecule has 1 aliphatic heterocycles. The lowest BCUT2D eigenvalue weighted by Crippen LogP contribution is -2.47. The van der Waals surface area contributed by atoms with E-state index < -0.39 is 6.04 Å². The molecule has 0 radical (unpaired) electrons. The Labute approximate surface area is 219 Å². The monoisotopic (exact) mass is 512 g/mol. The van der Waals surface area contributed by atoms with Crippen molar-refractivity contribution in [2.45, 2.75) is 72.0 Å². The zero-order valence-electron chi connectivity index (χ0n) is 22.9. The quantitative estimate of drug-likeness (QED) is 0.659. The Morgan fingerprint density at radius 3 is 2.68 bits per heavy atom. The molecule has 1 N–H and O–H groups in total. The maximum Gasteiger partial charge on any atom is 0.243 e. The number of rotatable bonds is 5. The summed E-state index contributed by atoms with van der Waals surface area (Å²) < 4.78 is 7.10. The van der Waals surface area contributed by atoms with Gasteiger partial charge in [-0.3, -0.25) is 14.4 Å². The van der Waals surface area contributed by atoms with Gasteiger partial charge < -0.3 is 19.9 Å². The first kappa shape index (κ1) is 28.1. The average Bonchev–Trinajstić information content (AvgIpc) is 3.23. The smallest absolute Gasteiger partial charge is 0.243 e. The van der Waals surface area contributed by atoms with Crippen LogP contribution in [0, 0.1) is 12.8 Å². The van der Waals surface area contributed by atoms with E-state index in [1.54, 1.807) is 30.7 Å². The van der Waals surface area contributed by atoms with Crippen molar-refractivity contribution in [3.63, 3.8) is 0 Å². The normalized spacial score (nSPS) is 19.9. The molecule has 37 heavy (non-hydrogen) atoms. The fourth-order valence-electron chi connectivity index (χ4n) is 4.52. The lowest BCUT2D eigenvalue weighted by molar-refractivity contribution is -0.139. The fourth-order valence-corrected chi connectivity index (χ4v) is 4.52. The minimum atomic E-state index is -0.631. The van der Waals surface area contributed by atoms with Gasteiger partial charge in [0.25, 0.3) is 0 Å². The lowest BCUT2D eigenvalue weighted by atomic mass is 10.0. The highest BCUT2D eigenvalue weighted by atomic mass is 16.5. The van der Waals surface area contributed by atoms with E-state index in [9.17, 15) is 14.4 Å². The zero-order chi connectivity index (χ0) is 27.1. The minimum Gasteiger partial charge on any atom is -0.497 e. The summed E-state index contributed by atoms with van der Waals surface area (Å²) in [5.41, 5.74) is 0.866. The Bertz CT molecular complexity index is 1100. The molecule has 3 rings (SSSR count). The second-order valence-corrected chi connectivity index (χ2v) is 10.1. The predicted molar refractivity (Wildman–Crippen MR) is 140 cm³/mol. The van der Waals surface area contributed by atoms with Crippen molar-refractivity contribution >= 4 is 17.7 Å². The Morgan fingerprint density at radius 2 is 1.97 bits per heavy atom. The Hall–Kier alpha value is -3.43. The van der Waals surface area contributed by atoms with Crippen LogP contribution in [-0.4, -0.2) is 75.6 Å². The van der Waals surface area contributed by atoms with E-state index in [-0.39, 0.29) is 36.6 Å². The summed E-state index contributed by atoms with van der Waals surface area (Å²) in [7, 11) is 3.25. The molecule has 1 aromatic heterocycles. The first-order chi connectivity index (χ1) is 17.6. The predicted octanol–water partition coefficient (Wildman–Crippen LogP) is 2.51. The number of nitrogens with zero attached hydrogens (tertiary/aromatic N) is 5. The molecular weight excluding hydrogens is 472 g/mol. The van der Waals surface area contributed by atoms with Crippen molar-refractivity contribution in [2.75, 3.05) is 27.2 Å². The summed E-state index contributed by atoms with van der Waals surface area (Å²) >= 11 is 0. The molecule has 10 nitrogen and oxygen atoms in total. The van der Waals surface area contributed by atoms with E-state index in [1.807, 2.05) is 31.2 Å². The second kappa shape index (κ2) is 12.7. The average molecular weight is 513 g/mol. The molecule has 2 heterocycles. The van der Waals surface area contributed by atoms with Gasteiger partial charge >= 0.3 is 0 Å². The van der Waals surface area contributed by atoms with E-state index >= 15 is 0 Å². The summed E-state index contributed by atoms with van der Waals surface area (Å²) in [5, 5.41) is 7.69. The van der Waals surface area contributed by atoms with Gasteiger partial charge in [-0.05, 0) is 50.3 Å². The third kappa shape index (κ3) is 7.53. The molecule has 0 aliphatic carbocycles. The van der Waals surface area contributed by atoms with Crippen molar-refractivity contribution < 1.29 is 19.1 Å². The molecule has 1 aliphatic rings. The summed E-state index contributed by atoms with van der Waals surface area (Å²) in [6.45, 7) is 9.01. The highest BCUT2D eigenvalue weighted by Crippen LogP contribution is 2.22. The van der Waals surface area contributed by atoms with E-state index in [0.717, 1.165) is 5.56 Å². The van der Waals surface area contributed by atoms with Gasteiger partial charge in [-0.1, -0.05) is 26.0 Å². The van der Waals surface area contributed by atoms with E-state index in [0.29, 0.717) is 55.8 Å². The maximum absolute atomic E-state index is 13.4. The molecule has 2 aromatic rings. The number of nitrogens with one attached hydrogen (secondary N) is 1. The maximum atomic E-state index is 13.4. The van der Waals surface area contributed by atoms with Crippen LogP contribution in [0.4, 0.5) is 0 Å². The number of carbonyl (C=O) groups excluding carboxylic acids is 3. The van der Waals surface area contributed by atoms with Gasteiger partial charge in [0, 0.05) is 26.6 Å². The van der Waals surface area contributed by atoms with Crippen molar-refractivity contribution in [3.8, 4) is 5.75 Å². The van der Waals surface area contributed by atoms with Crippen LogP contribution in [0.1, 0.15) is 63.3 Å². The van der Waals surface area contributed by atoms with Gasteiger partial charge in [-0.15, -0.1) is 0 Å². The minimum absolute atomic E-state index is 0.0278. The number of amides is 3. The van der Waals surface area contributed by atoms with Crippen molar-refractivity contribution in [3.05, 3.63) is 41.5 Å². The van der Waals surface area contributed by atoms with Crippen LogP contribution in [0.5, 0.6) is 5.75 Å². The van der Waals surface area contributed by atoms with Crippen LogP contribution in [0.25, 0.3) is 0 Å². The summed E-state index contributed by atoms with van der Waals surface area (Å²) in [6.07, 6.45) is 1.66. The Balaban J connectivity index is 1.90. The number of aryl methyl sites for hydroxylation is 1. The third-order valence-electron chi connectivity index (χ3n) is 6.74. The SMILES string of the molecule is COc1cccc(CC(=O)N2CCCC(=O)N(C)[C@@H](C)C(=O)N[C@H](CC(C)C)c3nc(C)nn3CC2)c1. The molecule has 0 saturated heterocycles. The van der Waals surface area contributed by atoms with E-state index in [2.05, 4.69) is 29.2 Å². The van der Waals surface area contributed by atoms with Crippen LogP contribution in [0.3, 0.4) is 0 Å². The lowest BCUT2D eigenvalue weighted by Gasteiger charge is -2.29. The van der Waals surface area contributed by atoms with Crippen LogP contribution >= 0.6 is 0 Å². The number of hydrogen-bond acceptors (Lipinski definition) is 6. The van der Waals surface area contributed by atoms with Crippen LogP contribution in [-0.2, 0) is 27.3 Å². The molecule has 0 unspecified atom stereocenters. The standard InChI is InChI=1S/C27H40N6O4/c1-18(2)15-23-26-28-20(4)30-33(26)14-13-32(25(35)17-21-9-7-10-22(16-21)37-6)12-8-11-24(34)31(5)19(3)27(36)29-23/h7,9-10,16,18-19,23H,8,11-15,17H2,1-6H3,(H,29,36)/t19-,23+/m0/s1. The molecule has 202 valence electrons. The van der Waals surface area contributed by atoms with Gasteiger partial charge in [0.05, 0.1) is 26.1 Å². The number of hydrogen-bond donors (Lipinski definition) is 1. The zero-order valence-corrected chi connectivity index (χ0v) is 22.9. The highest BCUT2D eigenvalue weighted by molar-refractivity contribution is 5.87. The van der Waals surface area contributed by atoms with Crippen molar-refractivity contribution in [2.24, 2.45) is 5.92 Å². The number of carbonyl (C=O) groups is 3. The first-order valence-electron chi connectivity index (χ1n) is 13.0. The molecule has 0 fully saturated rings. The number of ether oxygens (including phenoxy) is 1. The van der Waals surface area contributed by atoms with E-state index in [4.69, 9.17) is 4.74 Å². The molecule has 0 spiro atoms. The summed E-state index contributed by atoms with van der Waals surface area (Å²) in [6, 6.07) is 6.49. The molecule has 1 aromatic carbocycles. The summed E-state index contributed by atoms with van der Waals surface area (Å²) in [4.78, 5) is 47.2. The molecule has 0 bridgehead atoms. The van der Waals surface area contributed by atoms with Gasteiger partial charge in [-0.2, -0.15) is 5.10 Å². The van der Waals surface area contributed by atoms with Gasteiger partial charge in [-0.25, -0.2) is 9.67 Å². The number of aromatic nitrogens is 3.